The van der Waals surface area contributed by atoms with Crippen LogP contribution in [0.1, 0.15) is 10.4 Å². The van der Waals surface area contributed by atoms with Gasteiger partial charge in [0.15, 0.2) is 17.3 Å². The van der Waals surface area contributed by atoms with Gasteiger partial charge in [-0.1, -0.05) is 17.8 Å². The molecule has 0 radical (unpaired) electrons. The zero-order valence-electron chi connectivity index (χ0n) is 18.6. The van der Waals surface area contributed by atoms with Crippen LogP contribution in [0.15, 0.2) is 57.0 Å². The van der Waals surface area contributed by atoms with Gasteiger partial charge in [0.05, 0.1) is 38.1 Å². The van der Waals surface area contributed by atoms with E-state index in [4.69, 9.17) is 18.6 Å². The first-order valence-electron chi connectivity index (χ1n) is 10.3. The number of sulfonamides is 1. The summed E-state index contributed by atoms with van der Waals surface area (Å²) in [4.78, 5) is 12.7. The molecular formula is C22H23N3O7S2. The molecule has 0 amide bonds. The first-order valence-corrected chi connectivity index (χ1v) is 12.7. The van der Waals surface area contributed by atoms with Gasteiger partial charge in [0.25, 0.3) is 5.22 Å². The van der Waals surface area contributed by atoms with Gasteiger partial charge in [0, 0.05) is 24.2 Å². The second-order valence-corrected chi connectivity index (χ2v) is 10.1. The second kappa shape index (κ2) is 10.6. The molecule has 1 saturated heterocycles. The van der Waals surface area contributed by atoms with Crippen molar-refractivity contribution in [2.24, 2.45) is 0 Å². The van der Waals surface area contributed by atoms with Crippen LogP contribution < -0.4 is 9.47 Å². The Morgan fingerprint density at radius 2 is 1.82 bits per heavy atom. The number of Topliss-reactive ketones (excluding diaryl/α,β-unsaturated/α-hetero) is 1. The number of hydrogen-bond donors (Lipinski definition) is 0. The lowest BCUT2D eigenvalue weighted by Crippen LogP contribution is -2.40. The summed E-state index contributed by atoms with van der Waals surface area (Å²) in [5.74, 6) is 1.09. The first kappa shape index (κ1) is 24.2. The third-order valence-electron chi connectivity index (χ3n) is 5.13. The Kier molecular flexibility index (Phi) is 7.51. The average molecular weight is 506 g/mol. The van der Waals surface area contributed by atoms with Gasteiger partial charge in [-0.3, -0.25) is 4.79 Å². The molecule has 0 atom stereocenters. The van der Waals surface area contributed by atoms with Crippen LogP contribution in [0.5, 0.6) is 11.5 Å². The van der Waals surface area contributed by atoms with Crippen LogP contribution in [0, 0.1) is 0 Å². The molecule has 3 aromatic rings. The first-order chi connectivity index (χ1) is 16.4. The fourth-order valence-electron chi connectivity index (χ4n) is 3.33. The van der Waals surface area contributed by atoms with Gasteiger partial charge in [-0.15, -0.1) is 10.2 Å². The molecule has 1 aromatic heterocycles. The number of rotatable bonds is 9. The highest BCUT2D eigenvalue weighted by Crippen LogP contribution is 2.30. The van der Waals surface area contributed by atoms with Crippen LogP contribution in [0.2, 0.25) is 0 Å². The van der Waals surface area contributed by atoms with E-state index in [1.165, 1.54) is 30.7 Å². The molecule has 1 fully saturated rings. The highest BCUT2D eigenvalue weighted by Gasteiger charge is 2.27. The Morgan fingerprint density at radius 3 is 2.56 bits per heavy atom. The van der Waals surface area contributed by atoms with Gasteiger partial charge in [-0.2, -0.15) is 4.31 Å². The molecule has 2 heterocycles. The Morgan fingerprint density at radius 1 is 1.06 bits per heavy atom. The minimum atomic E-state index is -3.65. The maximum absolute atomic E-state index is 12.9. The van der Waals surface area contributed by atoms with Crippen LogP contribution in [-0.2, 0) is 14.8 Å². The van der Waals surface area contributed by atoms with Crippen molar-refractivity contribution in [3.63, 3.8) is 0 Å². The number of carbonyl (C=O) groups is 1. The third-order valence-corrected chi connectivity index (χ3v) is 7.84. The predicted molar refractivity (Wildman–Crippen MR) is 124 cm³/mol. The van der Waals surface area contributed by atoms with E-state index in [1.807, 2.05) is 0 Å². The van der Waals surface area contributed by atoms with Gasteiger partial charge in [-0.05, 0) is 36.4 Å². The van der Waals surface area contributed by atoms with Crippen molar-refractivity contribution in [2.75, 3.05) is 46.3 Å². The van der Waals surface area contributed by atoms with E-state index in [-0.39, 0.29) is 27.5 Å². The molecule has 1 aliphatic heterocycles. The number of thioether (sulfide) groups is 1. The van der Waals surface area contributed by atoms with Crippen molar-refractivity contribution in [3.05, 3.63) is 48.0 Å². The SMILES string of the molecule is COc1ccc(C(=O)CSc2nnc(-c3cccc(S(=O)(=O)N4CCOCC4)c3)o2)cc1OC. The summed E-state index contributed by atoms with van der Waals surface area (Å²) in [6.07, 6.45) is 0. The summed E-state index contributed by atoms with van der Waals surface area (Å²) in [7, 11) is -0.628. The quantitative estimate of drug-likeness (QED) is 0.317. The van der Waals surface area contributed by atoms with E-state index in [9.17, 15) is 13.2 Å². The Bertz CT molecular complexity index is 1270. The monoisotopic (exact) mass is 505 g/mol. The molecule has 180 valence electrons. The number of hydrogen-bond acceptors (Lipinski definition) is 10. The average Bonchev–Trinajstić information content (AvgIpc) is 3.36. The van der Waals surface area contributed by atoms with Crippen LogP contribution in [0.4, 0.5) is 0 Å². The molecule has 4 rings (SSSR count). The Balaban J connectivity index is 1.45. The molecule has 0 aliphatic carbocycles. The second-order valence-electron chi connectivity index (χ2n) is 7.20. The van der Waals surface area contributed by atoms with Crippen molar-refractivity contribution < 1.29 is 31.8 Å². The van der Waals surface area contributed by atoms with E-state index >= 15 is 0 Å². The molecule has 0 saturated carbocycles. The Hall–Kier alpha value is -2.93. The van der Waals surface area contributed by atoms with Gasteiger partial charge in [-0.25, -0.2) is 8.42 Å². The molecule has 0 spiro atoms. The van der Waals surface area contributed by atoms with Crippen molar-refractivity contribution in [3.8, 4) is 23.0 Å². The summed E-state index contributed by atoms with van der Waals surface area (Å²) in [5, 5.41) is 8.18. The molecule has 0 unspecified atom stereocenters. The Labute approximate surface area is 201 Å². The fourth-order valence-corrected chi connectivity index (χ4v) is 5.44. The number of benzene rings is 2. The van der Waals surface area contributed by atoms with E-state index in [1.54, 1.807) is 30.3 Å². The van der Waals surface area contributed by atoms with Crippen LogP contribution in [0.3, 0.4) is 0 Å². The van der Waals surface area contributed by atoms with Gasteiger partial charge < -0.3 is 18.6 Å². The lowest BCUT2D eigenvalue weighted by atomic mass is 10.1. The molecule has 10 nitrogen and oxygen atoms in total. The van der Waals surface area contributed by atoms with E-state index in [0.717, 1.165) is 11.8 Å². The molecule has 1 aliphatic rings. The largest absolute Gasteiger partial charge is 0.493 e. The molecule has 2 aromatic carbocycles. The van der Waals surface area contributed by atoms with Gasteiger partial charge in [0.1, 0.15) is 0 Å². The predicted octanol–water partition coefficient (Wildman–Crippen LogP) is 2.75. The molecule has 0 bridgehead atoms. The van der Waals surface area contributed by atoms with Crippen LogP contribution >= 0.6 is 11.8 Å². The maximum Gasteiger partial charge on any atom is 0.277 e. The lowest BCUT2D eigenvalue weighted by molar-refractivity contribution is 0.0730. The summed E-state index contributed by atoms with van der Waals surface area (Å²) in [6.45, 7) is 1.35. The minimum Gasteiger partial charge on any atom is -0.493 e. The lowest BCUT2D eigenvalue weighted by Gasteiger charge is -2.26. The van der Waals surface area contributed by atoms with Crippen molar-refractivity contribution in [1.29, 1.82) is 0 Å². The summed E-state index contributed by atoms with van der Waals surface area (Å²) in [6, 6.07) is 11.3. The minimum absolute atomic E-state index is 0.0720. The molecule has 12 heteroatoms. The van der Waals surface area contributed by atoms with E-state index < -0.39 is 10.0 Å². The van der Waals surface area contributed by atoms with Crippen molar-refractivity contribution >= 4 is 27.6 Å². The highest BCUT2D eigenvalue weighted by molar-refractivity contribution is 7.99. The normalized spacial score (nSPS) is 14.6. The third kappa shape index (κ3) is 5.25. The van der Waals surface area contributed by atoms with E-state index in [2.05, 4.69) is 10.2 Å². The standard InChI is InChI=1S/C22H23N3O7S2/c1-29-19-7-6-15(13-20(19)30-2)18(26)14-33-22-24-23-21(32-22)16-4-3-5-17(12-16)34(27,28)25-8-10-31-11-9-25/h3-7,12-13H,8-11,14H2,1-2H3. The number of aromatic nitrogens is 2. The number of ether oxygens (including phenoxy) is 3. The number of morpholine rings is 1. The number of carbonyl (C=O) groups excluding carboxylic acids is 1. The summed E-state index contributed by atoms with van der Waals surface area (Å²) in [5.41, 5.74) is 0.936. The van der Waals surface area contributed by atoms with Crippen LogP contribution in [0.25, 0.3) is 11.5 Å². The molecular weight excluding hydrogens is 482 g/mol. The van der Waals surface area contributed by atoms with Gasteiger partial charge in [0.2, 0.25) is 15.9 Å². The number of ketones is 1. The maximum atomic E-state index is 12.9. The molecule has 0 N–H and O–H groups in total. The van der Waals surface area contributed by atoms with Crippen molar-refractivity contribution in [1.82, 2.24) is 14.5 Å². The number of methoxy groups -OCH3 is 2. The fraction of sp³-hybridized carbons (Fsp3) is 0.318. The summed E-state index contributed by atoms with van der Waals surface area (Å²) < 4.78 is 48.6. The zero-order valence-corrected chi connectivity index (χ0v) is 20.2. The van der Waals surface area contributed by atoms with Crippen LogP contribution in [-0.4, -0.2) is 75.0 Å². The van der Waals surface area contributed by atoms with E-state index in [0.29, 0.717) is 48.9 Å². The molecule has 34 heavy (non-hydrogen) atoms. The number of nitrogens with zero attached hydrogens (tertiary/aromatic N) is 3. The smallest absolute Gasteiger partial charge is 0.277 e. The van der Waals surface area contributed by atoms with Gasteiger partial charge >= 0.3 is 0 Å². The summed E-state index contributed by atoms with van der Waals surface area (Å²) >= 11 is 1.09. The van der Waals surface area contributed by atoms with Crippen molar-refractivity contribution in [2.45, 2.75) is 10.1 Å². The topological polar surface area (TPSA) is 121 Å². The highest BCUT2D eigenvalue weighted by atomic mass is 32.2. The zero-order chi connectivity index (χ0) is 24.1.